The minimum Gasteiger partial charge on any atom is -0.133 e. The van der Waals surface area contributed by atoms with E-state index in [1.54, 1.807) is 0 Å². The molecule has 1 rings (SSSR count). The number of rotatable bonds is 2. The normalized spacial score (nSPS) is 9.46. The first-order chi connectivity index (χ1) is 6.16. The summed E-state index contributed by atoms with van der Waals surface area (Å²) < 4.78 is 0. The van der Waals surface area contributed by atoms with Crippen molar-refractivity contribution in [2.45, 2.75) is 27.2 Å². The van der Waals surface area contributed by atoms with Crippen LogP contribution >= 0.6 is 0 Å². The Kier molecular flexibility index (Phi) is 3.11. The molecule has 0 heteroatoms. The number of benzene rings is 1. The molecule has 1 aromatic carbocycles. The van der Waals surface area contributed by atoms with Crippen LogP contribution in [0, 0.1) is 20.8 Å². The molecule has 68 valence electrons. The highest BCUT2D eigenvalue weighted by Gasteiger charge is 2.02. The molecule has 0 aliphatic carbocycles. The molecule has 0 N–H and O–H groups in total. The first-order valence-corrected chi connectivity index (χ1v) is 4.56. The van der Waals surface area contributed by atoms with Crippen LogP contribution in [0.5, 0.6) is 0 Å². The molecule has 0 fully saturated rings. The highest BCUT2D eigenvalue weighted by molar-refractivity contribution is 5.40. The Morgan fingerprint density at radius 3 is 2.46 bits per heavy atom. The van der Waals surface area contributed by atoms with Crippen LogP contribution in [0.3, 0.4) is 0 Å². The van der Waals surface area contributed by atoms with E-state index in [-0.39, 0.29) is 0 Å². The highest BCUT2D eigenvalue weighted by Crippen LogP contribution is 2.18. The summed E-state index contributed by atoms with van der Waals surface area (Å²) in [7, 11) is 0. The fourth-order valence-electron chi connectivity index (χ4n) is 1.50. The third-order valence-corrected chi connectivity index (χ3v) is 2.55. The van der Waals surface area contributed by atoms with E-state index in [9.17, 15) is 0 Å². The van der Waals surface area contributed by atoms with Crippen LogP contribution in [-0.4, -0.2) is 0 Å². The van der Waals surface area contributed by atoms with Crippen LogP contribution in [0.4, 0.5) is 0 Å². The molecule has 0 bridgehead atoms. The average Bonchev–Trinajstić information content (AvgIpc) is 2.12. The van der Waals surface area contributed by atoms with E-state index in [4.69, 9.17) is 0 Å². The van der Waals surface area contributed by atoms with E-state index in [0.717, 1.165) is 6.42 Å². The third-order valence-electron chi connectivity index (χ3n) is 2.55. The van der Waals surface area contributed by atoms with Crippen molar-refractivity contribution in [3.05, 3.63) is 52.8 Å². The summed E-state index contributed by atoms with van der Waals surface area (Å²) in [5, 5.41) is 0. The Balaban J connectivity index is 3.16. The molecule has 0 saturated carbocycles. The third kappa shape index (κ3) is 2.11. The SMILES string of the molecule is C=C=CCc1c(C)ccc(C)c1C. The lowest BCUT2D eigenvalue weighted by Gasteiger charge is -2.09. The van der Waals surface area contributed by atoms with Crippen molar-refractivity contribution in [3.63, 3.8) is 0 Å². The highest BCUT2D eigenvalue weighted by atomic mass is 14.1. The second-order valence-corrected chi connectivity index (χ2v) is 3.42. The number of aryl methyl sites for hydroxylation is 2. The van der Waals surface area contributed by atoms with Crippen LogP contribution in [-0.2, 0) is 6.42 Å². The number of hydrogen-bond donors (Lipinski definition) is 0. The zero-order valence-electron chi connectivity index (χ0n) is 8.65. The van der Waals surface area contributed by atoms with Crippen LogP contribution in [0.1, 0.15) is 22.3 Å². The number of hydrogen-bond acceptors (Lipinski definition) is 0. The summed E-state index contributed by atoms with van der Waals surface area (Å²) in [6.45, 7) is 10.1. The molecule has 1 aromatic rings. The zero-order valence-corrected chi connectivity index (χ0v) is 8.65. The maximum absolute atomic E-state index is 3.58. The van der Waals surface area contributed by atoms with Gasteiger partial charge in [0.05, 0.1) is 0 Å². The molecule has 0 aromatic heterocycles. The second-order valence-electron chi connectivity index (χ2n) is 3.42. The lowest BCUT2D eigenvalue weighted by atomic mass is 9.96. The Bertz CT molecular complexity index is 353. The fourth-order valence-corrected chi connectivity index (χ4v) is 1.50. The van der Waals surface area contributed by atoms with Crippen molar-refractivity contribution in [1.82, 2.24) is 0 Å². The Morgan fingerprint density at radius 2 is 1.85 bits per heavy atom. The topological polar surface area (TPSA) is 0 Å². The summed E-state index contributed by atoms with van der Waals surface area (Å²) >= 11 is 0. The molecular weight excluding hydrogens is 156 g/mol. The van der Waals surface area contributed by atoms with Gasteiger partial charge in [-0.05, 0) is 55.5 Å². The van der Waals surface area contributed by atoms with Crippen LogP contribution in [0.15, 0.2) is 30.5 Å². The first kappa shape index (κ1) is 9.83. The molecule has 0 aliphatic heterocycles. The lowest BCUT2D eigenvalue weighted by Crippen LogP contribution is -1.94. The molecule has 13 heavy (non-hydrogen) atoms. The summed E-state index contributed by atoms with van der Waals surface area (Å²) in [4.78, 5) is 0. The van der Waals surface area contributed by atoms with Gasteiger partial charge in [-0.15, -0.1) is 5.73 Å². The van der Waals surface area contributed by atoms with Gasteiger partial charge in [0.25, 0.3) is 0 Å². The second kappa shape index (κ2) is 4.11. The molecule has 0 radical (unpaired) electrons. The standard InChI is InChI=1S/C13H16/c1-5-6-7-13-11(3)9-8-10(2)12(13)4/h6,8-9H,1,7H2,2-4H3. The van der Waals surface area contributed by atoms with Gasteiger partial charge in [0.2, 0.25) is 0 Å². The van der Waals surface area contributed by atoms with E-state index >= 15 is 0 Å². The monoisotopic (exact) mass is 172 g/mol. The number of allylic oxidation sites excluding steroid dienone is 1. The van der Waals surface area contributed by atoms with Crippen LogP contribution in [0.2, 0.25) is 0 Å². The Labute approximate surface area is 80.6 Å². The lowest BCUT2D eigenvalue weighted by molar-refractivity contribution is 1.14. The summed E-state index contributed by atoms with van der Waals surface area (Å²) in [5.74, 6) is 0. The van der Waals surface area contributed by atoms with Gasteiger partial charge in [0.1, 0.15) is 0 Å². The molecule has 0 unspecified atom stereocenters. The molecule has 0 nitrogen and oxygen atoms in total. The van der Waals surface area contributed by atoms with Gasteiger partial charge in [-0.3, -0.25) is 0 Å². The van der Waals surface area contributed by atoms with Gasteiger partial charge in [-0.1, -0.05) is 18.7 Å². The molecule has 0 saturated heterocycles. The van der Waals surface area contributed by atoms with Gasteiger partial charge in [0.15, 0.2) is 0 Å². The Morgan fingerprint density at radius 1 is 1.23 bits per heavy atom. The van der Waals surface area contributed by atoms with Crippen molar-refractivity contribution in [1.29, 1.82) is 0 Å². The van der Waals surface area contributed by atoms with Crippen LogP contribution < -0.4 is 0 Å². The summed E-state index contributed by atoms with van der Waals surface area (Å²) in [6, 6.07) is 4.35. The minimum absolute atomic E-state index is 0.947. The van der Waals surface area contributed by atoms with Gasteiger partial charge in [0, 0.05) is 0 Å². The molecule has 0 atom stereocenters. The largest absolute Gasteiger partial charge is 0.133 e. The smallest absolute Gasteiger partial charge is 0.00161 e. The molecule has 0 amide bonds. The molecule has 0 aliphatic rings. The average molecular weight is 172 g/mol. The van der Waals surface area contributed by atoms with Crippen molar-refractivity contribution in [2.24, 2.45) is 0 Å². The van der Waals surface area contributed by atoms with E-state index in [1.165, 1.54) is 22.3 Å². The van der Waals surface area contributed by atoms with Crippen molar-refractivity contribution in [2.75, 3.05) is 0 Å². The fraction of sp³-hybridized carbons (Fsp3) is 0.308. The van der Waals surface area contributed by atoms with Gasteiger partial charge in [-0.2, -0.15) is 0 Å². The van der Waals surface area contributed by atoms with Crippen molar-refractivity contribution >= 4 is 0 Å². The van der Waals surface area contributed by atoms with E-state index in [1.807, 2.05) is 6.08 Å². The van der Waals surface area contributed by atoms with Crippen LogP contribution in [0.25, 0.3) is 0 Å². The molecule has 0 spiro atoms. The Hall–Kier alpha value is -1.26. The maximum Gasteiger partial charge on any atom is -0.00161 e. The van der Waals surface area contributed by atoms with Gasteiger partial charge in [-0.25, -0.2) is 0 Å². The summed E-state index contributed by atoms with van der Waals surface area (Å²) in [6.07, 6.45) is 2.93. The zero-order chi connectivity index (χ0) is 9.84. The van der Waals surface area contributed by atoms with Crippen molar-refractivity contribution in [3.8, 4) is 0 Å². The molecule has 0 heterocycles. The predicted molar refractivity (Wildman–Crippen MR) is 58.1 cm³/mol. The van der Waals surface area contributed by atoms with E-state index in [0.29, 0.717) is 0 Å². The predicted octanol–water partition coefficient (Wildman–Crippen LogP) is 3.50. The van der Waals surface area contributed by atoms with Gasteiger partial charge >= 0.3 is 0 Å². The van der Waals surface area contributed by atoms with E-state index < -0.39 is 0 Å². The van der Waals surface area contributed by atoms with Gasteiger partial charge < -0.3 is 0 Å². The molecular formula is C13H16. The summed E-state index contributed by atoms with van der Waals surface area (Å²) in [5.41, 5.74) is 8.34. The maximum atomic E-state index is 3.58. The first-order valence-electron chi connectivity index (χ1n) is 4.56. The van der Waals surface area contributed by atoms with E-state index in [2.05, 4.69) is 45.2 Å². The minimum atomic E-state index is 0.947. The quantitative estimate of drug-likeness (QED) is 0.599. The van der Waals surface area contributed by atoms with Crippen molar-refractivity contribution < 1.29 is 0 Å².